The summed E-state index contributed by atoms with van der Waals surface area (Å²) in [5.41, 5.74) is 3.01. The molecule has 0 radical (unpaired) electrons. The number of hydrogen-bond acceptors (Lipinski definition) is 5. The summed E-state index contributed by atoms with van der Waals surface area (Å²) in [5.74, 6) is 1.38. The van der Waals surface area contributed by atoms with E-state index < -0.39 is 10.0 Å². The Morgan fingerprint density at radius 3 is 2.39 bits per heavy atom. The highest BCUT2D eigenvalue weighted by Crippen LogP contribution is 2.20. The molecule has 0 aromatic heterocycles. The zero-order chi connectivity index (χ0) is 23.8. The zero-order valence-electron chi connectivity index (χ0n) is 19.2. The molecule has 0 bridgehead atoms. The van der Waals surface area contributed by atoms with Gasteiger partial charge in [-0.05, 0) is 74.2 Å². The summed E-state index contributed by atoms with van der Waals surface area (Å²) in [4.78, 5) is 4.94. The van der Waals surface area contributed by atoms with Gasteiger partial charge in [0.15, 0.2) is 0 Å². The van der Waals surface area contributed by atoms with E-state index in [-0.39, 0.29) is 17.3 Å². The van der Waals surface area contributed by atoms with Crippen LogP contribution in [0.25, 0.3) is 0 Å². The Kier molecular flexibility index (Phi) is 8.41. The van der Waals surface area contributed by atoms with Crippen LogP contribution in [0.1, 0.15) is 32.3 Å². The fraction of sp³-hybridized carbons (Fsp3) is 0.320. The highest BCUT2D eigenvalue weighted by molar-refractivity contribution is 7.89. The number of benzene rings is 2. The second kappa shape index (κ2) is 11.2. The minimum atomic E-state index is -3.56. The molecule has 0 atom stereocenters. The fourth-order valence-corrected chi connectivity index (χ4v) is 4.35. The molecule has 176 valence electrons. The number of allylic oxidation sites excluding steroid dienone is 2. The third kappa shape index (κ3) is 7.54. The van der Waals surface area contributed by atoms with Crippen molar-refractivity contribution in [2.75, 3.05) is 18.4 Å². The number of aliphatic imine (C=N–C) groups is 1. The molecule has 3 N–H and O–H groups in total. The number of nitrogens with zero attached hydrogens (tertiary/aromatic N) is 1. The van der Waals surface area contributed by atoms with Crippen LogP contribution in [-0.2, 0) is 10.0 Å². The Balaban J connectivity index is 1.66. The van der Waals surface area contributed by atoms with Gasteiger partial charge in [-0.2, -0.15) is 0 Å². The number of rotatable bonds is 8. The predicted octanol–water partition coefficient (Wildman–Crippen LogP) is 4.73. The van der Waals surface area contributed by atoms with Crippen molar-refractivity contribution in [3.8, 4) is 0 Å². The van der Waals surface area contributed by atoms with E-state index in [2.05, 4.69) is 29.2 Å². The van der Waals surface area contributed by atoms with Gasteiger partial charge in [0.25, 0.3) is 0 Å². The second-order valence-corrected chi connectivity index (χ2v) is 10.0. The van der Waals surface area contributed by atoms with Crippen LogP contribution >= 0.6 is 0 Å². The van der Waals surface area contributed by atoms with E-state index in [1.54, 1.807) is 36.4 Å². The summed E-state index contributed by atoms with van der Waals surface area (Å²) >= 11 is 0. The van der Waals surface area contributed by atoms with E-state index in [1.165, 1.54) is 17.7 Å². The van der Waals surface area contributed by atoms with Crippen molar-refractivity contribution in [1.82, 2.24) is 10.0 Å². The van der Waals surface area contributed by atoms with Gasteiger partial charge in [0.1, 0.15) is 17.5 Å². The number of halogens is 1. The third-order valence-electron chi connectivity index (χ3n) is 5.25. The Morgan fingerprint density at radius 2 is 1.73 bits per heavy atom. The van der Waals surface area contributed by atoms with Crippen molar-refractivity contribution >= 4 is 21.5 Å². The van der Waals surface area contributed by atoms with Gasteiger partial charge in [0, 0.05) is 18.8 Å². The lowest BCUT2D eigenvalue weighted by Crippen LogP contribution is -2.31. The molecule has 2 aromatic rings. The minimum Gasteiger partial charge on any atom is -0.369 e. The van der Waals surface area contributed by atoms with Gasteiger partial charge < -0.3 is 10.6 Å². The van der Waals surface area contributed by atoms with E-state index in [0.717, 1.165) is 24.1 Å². The van der Waals surface area contributed by atoms with Crippen LogP contribution < -0.4 is 15.4 Å². The van der Waals surface area contributed by atoms with Gasteiger partial charge in [-0.3, -0.25) is 0 Å². The molecular formula is C25H31FN4O2S. The summed E-state index contributed by atoms with van der Waals surface area (Å²) in [6, 6.07) is 12.9. The Bertz CT molecular complexity index is 1140. The number of aryl methyl sites for hydroxylation is 1. The van der Waals surface area contributed by atoms with Gasteiger partial charge in [0.2, 0.25) is 10.0 Å². The molecule has 6 nitrogen and oxygen atoms in total. The van der Waals surface area contributed by atoms with Crippen molar-refractivity contribution in [3.63, 3.8) is 0 Å². The molecule has 0 saturated heterocycles. The highest BCUT2D eigenvalue weighted by atomic mass is 32.2. The Hall–Kier alpha value is -2.97. The number of hydrogen-bond donors (Lipinski definition) is 3. The molecule has 33 heavy (non-hydrogen) atoms. The van der Waals surface area contributed by atoms with E-state index in [1.807, 2.05) is 19.1 Å². The molecular weight excluding hydrogens is 439 g/mol. The second-order valence-electron chi connectivity index (χ2n) is 8.27. The Labute approximate surface area is 195 Å². The standard InChI is InChI=1S/C25H31FN4O2S/c1-18(2)20-5-4-6-24(30-25(17-20)29-22-11-9-21(26)10-12-22)27-15-16-28-33(31,32)23-13-7-19(3)8-14-23/h6-14,17-18,27-28H,4-5,15-16H2,1-3H3,(H,29,30)/b20-17-,24-6?. The summed E-state index contributed by atoms with van der Waals surface area (Å²) in [5, 5.41) is 6.45. The maximum Gasteiger partial charge on any atom is 0.240 e. The van der Waals surface area contributed by atoms with Crippen LogP contribution in [0.5, 0.6) is 0 Å². The first-order chi connectivity index (χ1) is 15.7. The zero-order valence-corrected chi connectivity index (χ0v) is 20.0. The van der Waals surface area contributed by atoms with E-state index in [4.69, 9.17) is 4.99 Å². The SMILES string of the molecule is Cc1ccc(S(=O)(=O)NCCNC2=CCC/C(C(C)C)=C/C(Nc3ccc(F)cc3)=N2)cc1. The average molecular weight is 471 g/mol. The van der Waals surface area contributed by atoms with Gasteiger partial charge in [-0.1, -0.05) is 37.1 Å². The van der Waals surface area contributed by atoms with E-state index in [0.29, 0.717) is 24.1 Å². The van der Waals surface area contributed by atoms with Crippen LogP contribution in [0.3, 0.4) is 0 Å². The summed E-state index contributed by atoms with van der Waals surface area (Å²) < 4.78 is 40.8. The molecule has 8 heteroatoms. The minimum absolute atomic E-state index is 0.219. The largest absolute Gasteiger partial charge is 0.369 e. The number of amidine groups is 1. The van der Waals surface area contributed by atoms with Crippen LogP contribution in [-0.4, -0.2) is 27.3 Å². The summed E-state index contributed by atoms with van der Waals surface area (Å²) in [6.07, 6.45) is 5.76. The molecule has 0 saturated carbocycles. The van der Waals surface area contributed by atoms with Gasteiger partial charge in [0.05, 0.1) is 4.90 Å². The Morgan fingerprint density at radius 1 is 1.03 bits per heavy atom. The molecule has 2 aromatic carbocycles. The first-order valence-electron chi connectivity index (χ1n) is 11.0. The normalized spacial score (nSPS) is 16.2. The van der Waals surface area contributed by atoms with Gasteiger partial charge >= 0.3 is 0 Å². The molecule has 3 rings (SSSR count). The highest BCUT2D eigenvalue weighted by Gasteiger charge is 2.13. The number of nitrogens with one attached hydrogen (secondary N) is 3. The van der Waals surface area contributed by atoms with E-state index >= 15 is 0 Å². The first-order valence-corrected chi connectivity index (χ1v) is 12.5. The topological polar surface area (TPSA) is 82.6 Å². The smallest absolute Gasteiger partial charge is 0.240 e. The van der Waals surface area contributed by atoms with Crippen LogP contribution in [0.2, 0.25) is 0 Å². The number of anilines is 1. The van der Waals surface area contributed by atoms with Crippen molar-refractivity contribution in [2.24, 2.45) is 10.9 Å². The third-order valence-corrected chi connectivity index (χ3v) is 6.72. The van der Waals surface area contributed by atoms with Crippen molar-refractivity contribution in [2.45, 2.75) is 38.5 Å². The molecule has 0 aliphatic carbocycles. The molecule has 1 aliphatic rings. The quantitative estimate of drug-likeness (QED) is 0.487. The van der Waals surface area contributed by atoms with E-state index in [9.17, 15) is 12.8 Å². The monoisotopic (exact) mass is 470 g/mol. The summed E-state index contributed by atoms with van der Waals surface area (Å²) in [7, 11) is -3.56. The molecule has 0 unspecified atom stereocenters. The van der Waals surface area contributed by atoms with Crippen molar-refractivity contribution < 1.29 is 12.8 Å². The van der Waals surface area contributed by atoms with Crippen LogP contribution in [0, 0.1) is 18.7 Å². The van der Waals surface area contributed by atoms with Crippen molar-refractivity contribution in [3.05, 3.63) is 83.5 Å². The predicted molar refractivity (Wildman–Crippen MR) is 132 cm³/mol. The molecule has 0 fully saturated rings. The van der Waals surface area contributed by atoms with Crippen LogP contribution in [0.4, 0.5) is 10.1 Å². The fourth-order valence-electron chi connectivity index (χ4n) is 3.32. The van der Waals surface area contributed by atoms with Gasteiger partial charge in [-0.15, -0.1) is 0 Å². The molecule has 1 aliphatic heterocycles. The summed E-state index contributed by atoms with van der Waals surface area (Å²) in [6.45, 7) is 6.80. The van der Waals surface area contributed by atoms with Crippen LogP contribution in [0.15, 0.2) is 82.0 Å². The molecule has 0 spiro atoms. The first kappa shape index (κ1) is 24.7. The maximum absolute atomic E-state index is 13.3. The lowest BCUT2D eigenvalue weighted by Gasteiger charge is -2.17. The van der Waals surface area contributed by atoms with Gasteiger partial charge in [-0.25, -0.2) is 22.5 Å². The average Bonchev–Trinajstić information content (AvgIpc) is 2.75. The molecule has 1 heterocycles. The number of sulfonamides is 1. The lowest BCUT2D eigenvalue weighted by atomic mass is 9.97. The lowest BCUT2D eigenvalue weighted by molar-refractivity contribution is 0.579. The maximum atomic E-state index is 13.3. The molecule has 0 amide bonds. The van der Waals surface area contributed by atoms with Crippen molar-refractivity contribution in [1.29, 1.82) is 0 Å².